The number of aryl methyl sites for hydroxylation is 1. The van der Waals surface area contributed by atoms with Crippen LogP contribution >= 0.6 is 11.6 Å². The number of nitro groups is 2. The second kappa shape index (κ2) is 5.13. The molecule has 0 aliphatic carbocycles. The van der Waals surface area contributed by atoms with Crippen LogP contribution in [0.4, 0.5) is 11.4 Å². The SMILES string of the molecule is Cc1nn(-c2ccc([N+](=O)[O-])c(C)c2Cl)c(C)c1[N+](=O)[O-]. The van der Waals surface area contributed by atoms with Crippen molar-refractivity contribution >= 4 is 23.0 Å². The zero-order valence-corrected chi connectivity index (χ0v) is 12.2. The number of aromatic nitrogens is 2. The van der Waals surface area contributed by atoms with Crippen LogP contribution in [0.3, 0.4) is 0 Å². The summed E-state index contributed by atoms with van der Waals surface area (Å²) < 4.78 is 1.33. The lowest BCUT2D eigenvalue weighted by molar-refractivity contribution is -0.386. The second-order valence-electron chi connectivity index (χ2n) is 4.49. The summed E-state index contributed by atoms with van der Waals surface area (Å²) in [6.07, 6.45) is 0. The fourth-order valence-electron chi connectivity index (χ4n) is 2.16. The maximum atomic E-state index is 11.0. The van der Waals surface area contributed by atoms with E-state index in [0.29, 0.717) is 11.4 Å². The van der Waals surface area contributed by atoms with E-state index in [0.717, 1.165) is 0 Å². The van der Waals surface area contributed by atoms with E-state index in [9.17, 15) is 20.2 Å². The molecule has 0 bridgehead atoms. The summed E-state index contributed by atoms with van der Waals surface area (Å²) in [6, 6.07) is 2.73. The van der Waals surface area contributed by atoms with Gasteiger partial charge in [-0.1, -0.05) is 11.6 Å². The van der Waals surface area contributed by atoms with Gasteiger partial charge in [0, 0.05) is 11.6 Å². The number of hydrogen-bond acceptors (Lipinski definition) is 5. The molecular weight excluding hydrogens is 300 g/mol. The van der Waals surface area contributed by atoms with Gasteiger partial charge in [-0.05, 0) is 26.8 Å². The van der Waals surface area contributed by atoms with Gasteiger partial charge in [-0.15, -0.1) is 0 Å². The Hall–Kier alpha value is -2.48. The van der Waals surface area contributed by atoms with Crippen molar-refractivity contribution in [1.82, 2.24) is 9.78 Å². The van der Waals surface area contributed by atoms with Crippen molar-refractivity contribution in [3.8, 4) is 5.69 Å². The molecule has 9 heteroatoms. The van der Waals surface area contributed by atoms with Crippen molar-refractivity contribution < 1.29 is 9.85 Å². The van der Waals surface area contributed by atoms with Crippen LogP contribution in [0.15, 0.2) is 12.1 Å². The Labute approximate surface area is 124 Å². The number of benzene rings is 1. The van der Waals surface area contributed by atoms with Crippen LogP contribution in [0.5, 0.6) is 0 Å². The minimum atomic E-state index is -0.533. The molecular formula is C12H11ClN4O4. The lowest BCUT2D eigenvalue weighted by Crippen LogP contribution is -2.03. The highest BCUT2D eigenvalue weighted by atomic mass is 35.5. The third kappa shape index (κ3) is 2.33. The summed E-state index contributed by atoms with van der Waals surface area (Å²) in [5.74, 6) is 0. The molecule has 0 aliphatic heterocycles. The van der Waals surface area contributed by atoms with E-state index < -0.39 is 9.85 Å². The summed E-state index contributed by atoms with van der Waals surface area (Å²) in [7, 11) is 0. The quantitative estimate of drug-likeness (QED) is 0.639. The Balaban J connectivity index is 2.69. The lowest BCUT2D eigenvalue weighted by atomic mass is 10.1. The summed E-state index contributed by atoms with van der Waals surface area (Å²) in [6.45, 7) is 4.59. The summed E-state index contributed by atoms with van der Waals surface area (Å²) in [5.41, 5.74) is 1.02. The number of hydrogen-bond donors (Lipinski definition) is 0. The molecule has 0 aliphatic rings. The fraction of sp³-hybridized carbons (Fsp3) is 0.250. The molecule has 0 N–H and O–H groups in total. The molecule has 2 aromatic rings. The van der Waals surface area contributed by atoms with Crippen molar-refractivity contribution in [2.24, 2.45) is 0 Å². The maximum absolute atomic E-state index is 11.0. The van der Waals surface area contributed by atoms with E-state index in [-0.39, 0.29) is 27.7 Å². The molecule has 0 fully saturated rings. The first-order chi connectivity index (χ1) is 9.75. The molecule has 0 amide bonds. The topological polar surface area (TPSA) is 104 Å². The van der Waals surface area contributed by atoms with Gasteiger partial charge in [-0.25, -0.2) is 4.68 Å². The first kappa shape index (κ1) is 14.9. The molecule has 0 saturated carbocycles. The van der Waals surface area contributed by atoms with Crippen molar-refractivity contribution in [3.63, 3.8) is 0 Å². The Morgan fingerprint density at radius 1 is 1.14 bits per heavy atom. The number of rotatable bonds is 3. The Morgan fingerprint density at radius 2 is 1.76 bits per heavy atom. The van der Waals surface area contributed by atoms with Crippen LogP contribution in [-0.2, 0) is 0 Å². The summed E-state index contributed by atoms with van der Waals surface area (Å²) in [5, 5.41) is 26.1. The predicted octanol–water partition coefficient (Wildman–Crippen LogP) is 3.27. The third-order valence-electron chi connectivity index (χ3n) is 3.20. The van der Waals surface area contributed by atoms with Crippen molar-refractivity contribution in [2.45, 2.75) is 20.8 Å². The largest absolute Gasteiger partial charge is 0.313 e. The van der Waals surface area contributed by atoms with Gasteiger partial charge >= 0.3 is 5.69 Å². The molecule has 0 spiro atoms. The van der Waals surface area contributed by atoms with Gasteiger partial charge in [0.2, 0.25) is 0 Å². The van der Waals surface area contributed by atoms with E-state index in [1.54, 1.807) is 6.92 Å². The Kier molecular flexibility index (Phi) is 3.65. The fourth-order valence-corrected chi connectivity index (χ4v) is 2.40. The number of nitro benzene ring substituents is 1. The van der Waals surface area contributed by atoms with E-state index in [1.165, 1.54) is 30.7 Å². The van der Waals surface area contributed by atoms with E-state index in [2.05, 4.69) is 5.10 Å². The highest BCUT2D eigenvalue weighted by molar-refractivity contribution is 6.33. The smallest absolute Gasteiger partial charge is 0.258 e. The van der Waals surface area contributed by atoms with Crippen molar-refractivity contribution in [3.05, 3.63) is 54.3 Å². The standard InChI is InChI=1S/C12H11ClN4O4/c1-6-9(16(18)19)4-5-10(11(6)13)15-8(3)12(17(20)21)7(2)14-15/h4-5H,1-3H3. The van der Waals surface area contributed by atoms with Gasteiger partial charge in [0.05, 0.1) is 20.6 Å². The van der Waals surface area contributed by atoms with E-state index >= 15 is 0 Å². The normalized spacial score (nSPS) is 10.7. The first-order valence-electron chi connectivity index (χ1n) is 5.90. The van der Waals surface area contributed by atoms with Crippen LogP contribution in [0, 0.1) is 41.0 Å². The minimum absolute atomic E-state index is 0.0953. The van der Waals surface area contributed by atoms with Gasteiger partial charge in [0.15, 0.2) is 0 Å². The lowest BCUT2D eigenvalue weighted by Gasteiger charge is -2.08. The second-order valence-corrected chi connectivity index (χ2v) is 4.87. The molecule has 0 unspecified atom stereocenters. The average Bonchev–Trinajstić information content (AvgIpc) is 2.67. The number of nitrogens with zero attached hydrogens (tertiary/aromatic N) is 4. The molecule has 110 valence electrons. The molecule has 1 aromatic carbocycles. The van der Waals surface area contributed by atoms with Crippen LogP contribution in [0.25, 0.3) is 5.69 Å². The van der Waals surface area contributed by atoms with Crippen LogP contribution in [-0.4, -0.2) is 19.6 Å². The Bertz CT molecular complexity index is 769. The Morgan fingerprint density at radius 3 is 2.24 bits per heavy atom. The molecule has 1 heterocycles. The van der Waals surface area contributed by atoms with Gasteiger partial charge in [-0.3, -0.25) is 20.2 Å². The highest BCUT2D eigenvalue weighted by Crippen LogP contribution is 2.33. The minimum Gasteiger partial charge on any atom is -0.258 e. The highest BCUT2D eigenvalue weighted by Gasteiger charge is 2.25. The van der Waals surface area contributed by atoms with Gasteiger partial charge in [0.25, 0.3) is 5.69 Å². The third-order valence-corrected chi connectivity index (χ3v) is 3.68. The van der Waals surface area contributed by atoms with Gasteiger partial charge in [0.1, 0.15) is 11.4 Å². The van der Waals surface area contributed by atoms with E-state index in [1.807, 2.05) is 0 Å². The summed E-state index contributed by atoms with van der Waals surface area (Å²) in [4.78, 5) is 20.8. The number of halogens is 1. The van der Waals surface area contributed by atoms with Crippen LogP contribution in [0.1, 0.15) is 17.0 Å². The molecule has 2 rings (SSSR count). The molecule has 0 radical (unpaired) electrons. The zero-order chi connectivity index (χ0) is 15.9. The molecule has 0 atom stereocenters. The van der Waals surface area contributed by atoms with Crippen LogP contribution in [0.2, 0.25) is 5.02 Å². The van der Waals surface area contributed by atoms with Gasteiger partial charge in [-0.2, -0.15) is 5.10 Å². The molecule has 8 nitrogen and oxygen atoms in total. The van der Waals surface area contributed by atoms with E-state index in [4.69, 9.17) is 11.6 Å². The first-order valence-corrected chi connectivity index (χ1v) is 6.28. The monoisotopic (exact) mass is 310 g/mol. The molecule has 21 heavy (non-hydrogen) atoms. The van der Waals surface area contributed by atoms with Crippen LogP contribution < -0.4 is 0 Å². The zero-order valence-electron chi connectivity index (χ0n) is 11.5. The summed E-state index contributed by atoms with van der Waals surface area (Å²) >= 11 is 6.15. The van der Waals surface area contributed by atoms with Crippen molar-refractivity contribution in [2.75, 3.05) is 0 Å². The van der Waals surface area contributed by atoms with Crippen molar-refractivity contribution in [1.29, 1.82) is 0 Å². The van der Waals surface area contributed by atoms with Gasteiger partial charge < -0.3 is 0 Å². The average molecular weight is 311 g/mol. The molecule has 1 aromatic heterocycles. The molecule has 0 saturated heterocycles. The predicted molar refractivity (Wildman–Crippen MR) is 76.1 cm³/mol. The maximum Gasteiger partial charge on any atom is 0.313 e.